The first-order valence-corrected chi connectivity index (χ1v) is 6.02. The van der Waals surface area contributed by atoms with Crippen LogP contribution in [0.3, 0.4) is 0 Å². The highest BCUT2D eigenvalue weighted by molar-refractivity contribution is 5.60. The van der Waals surface area contributed by atoms with Crippen LogP contribution >= 0.6 is 0 Å². The highest BCUT2D eigenvalue weighted by Crippen LogP contribution is 2.18. The number of likely N-dealkylation sites (N-methyl/N-ethyl adjacent to an activating group) is 1. The van der Waals surface area contributed by atoms with Gasteiger partial charge in [-0.3, -0.25) is 0 Å². The van der Waals surface area contributed by atoms with E-state index in [0.717, 1.165) is 23.6 Å². The van der Waals surface area contributed by atoms with Crippen LogP contribution in [-0.4, -0.2) is 30.3 Å². The van der Waals surface area contributed by atoms with Crippen molar-refractivity contribution in [3.63, 3.8) is 0 Å². The van der Waals surface area contributed by atoms with Crippen molar-refractivity contribution in [2.75, 3.05) is 25.0 Å². The average Bonchev–Trinajstić information content (AvgIpc) is 2.40. The van der Waals surface area contributed by atoms with Crippen molar-refractivity contribution in [1.29, 1.82) is 0 Å². The Kier molecular flexibility index (Phi) is 3.89. The third kappa shape index (κ3) is 2.84. The molecule has 0 aliphatic carbocycles. The Morgan fingerprint density at radius 3 is 2.33 bits per heavy atom. The standard InChI is InChI=1S/C14H18N4/c1-11-3-5-12(6-4-11)13-7-8-14(17-16-13)18(2)10-9-15/h3-8H,9-10,15H2,1-2H3. The molecular formula is C14H18N4. The van der Waals surface area contributed by atoms with Crippen molar-refractivity contribution in [3.05, 3.63) is 42.0 Å². The van der Waals surface area contributed by atoms with Gasteiger partial charge in [-0.15, -0.1) is 10.2 Å². The summed E-state index contributed by atoms with van der Waals surface area (Å²) in [4.78, 5) is 1.99. The van der Waals surface area contributed by atoms with Crippen LogP contribution in [0.1, 0.15) is 5.56 Å². The Balaban J connectivity index is 2.19. The summed E-state index contributed by atoms with van der Waals surface area (Å²) in [7, 11) is 1.96. The number of hydrogen-bond acceptors (Lipinski definition) is 4. The Bertz CT molecular complexity index is 490. The zero-order valence-electron chi connectivity index (χ0n) is 10.8. The van der Waals surface area contributed by atoms with Crippen molar-refractivity contribution < 1.29 is 0 Å². The number of aryl methyl sites for hydroxylation is 1. The van der Waals surface area contributed by atoms with Crippen LogP contribution in [0.4, 0.5) is 5.82 Å². The summed E-state index contributed by atoms with van der Waals surface area (Å²) in [6, 6.07) is 12.2. The molecule has 0 aliphatic rings. The van der Waals surface area contributed by atoms with E-state index in [9.17, 15) is 0 Å². The first kappa shape index (κ1) is 12.5. The van der Waals surface area contributed by atoms with E-state index in [-0.39, 0.29) is 0 Å². The molecule has 0 unspecified atom stereocenters. The van der Waals surface area contributed by atoms with Crippen LogP contribution in [0, 0.1) is 6.92 Å². The molecule has 2 rings (SSSR count). The molecule has 2 N–H and O–H groups in total. The highest BCUT2D eigenvalue weighted by atomic mass is 15.2. The molecule has 0 radical (unpaired) electrons. The summed E-state index contributed by atoms with van der Waals surface area (Å²) in [5.74, 6) is 0.844. The SMILES string of the molecule is Cc1ccc(-c2ccc(N(C)CCN)nn2)cc1. The Hall–Kier alpha value is -1.94. The molecule has 0 bridgehead atoms. The minimum absolute atomic E-state index is 0.609. The predicted octanol–water partition coefficient (Wildman–Crippen LogP) is 1.85. The second-order valence-electron chi connectivity index (χ2n) is 4.35. The zero-order valence-corrected chi connectivity index (χ0v) is 10.8. The van der Waals surface area contributed by atoms with Crippen molar-refractivity contribution in [1.82, 2.24) is 10.2 Å². The first-order valence-electron chi connectivity index (χ1n) is 6.02. The summed E-state index contributed by atoms with van der Waals surface area (Å²) in [5, 5.41) is 8.47. The molecule has 0 saturated carbocycles. The van der Waals surface area contributed by atoms with E-state index >= 15 is 0 Å². The minimum atomic E-state index is 0.609. The van der Waals surface area contributed by atoms with Crippen molar-refractivity contribution in [2.45, 2.75) is 6.92 Å². The molecule has 0 amide bonds. The van der Waals surface area contributed by atoms with Gasteiger partial charge in [0.05, 0.1) is 5.69 Å². The molecule has 1 heterocycles. The lowest BCUT2D eigenvalue weighted by Gasteiger charge is -2.16. The van der Waals surface area contributed by atoms with Crippen LogP contribution in [0.25, 0.3) is 11.3 Å². The average molecular weight is 242 g/mol. The second-order valence-corrected chi connectivity index (χ2v) is 4.35. The number of anilines is 1. The fourth-order valence-corrected chi connectivity index (χ4v) is 1.72. The topological polar surface area (TPSA) is 55.0 Å². The molecule has 0 fully saturated rings. The van der Waals surface area contributed by atoms with Gasteiger partial charge in [-0.25, -0.2) is 0 Å². The summed E-state index contributed by atoms with van der Waals surface area (Å²) >= 11 is 0. The number of nitrogens with two attached hydrogens (primary N) is 1. The van der Waals surface area contributed by atoms with Crippen molar-refractivity contribution >= 4 is 5.82 Å². The second kappa shape index (κ2) is 5.60. The van der Waals surface area contributed by atoms with E-state index in [4.69, 9.17) is 5.73 Å². The van der Waals surface area contributed by atoms with Crippen LogP contribution in [0.15, 0.2) is 36.4 Å². The molecule has 0 aliphatic heterocycles. The summed E-state index contributed by atoms with van der Waals surface area (Å²) in [6.07, 6.45) is 0. The number of nitrogens with zero attached hydrogens (tertiary/aromatic N) is 3. The van der Waals surface area contributed by atoms with Gasteiger partial charge in [0, 0.05) is 25.7 Å². The number of aromatic nitrogens is 2. The third-order valence-electron chi connectivity index (χ3n) is 2.85. The molecule has 4 heteroatoms. The maximum Gasteiger partial charge on any atom is 0.151 e. The van der Waals surface area contributed by atoms with Crippen LogP contribution in [0.2, 0.25) is 0 Å². The molecule has 1 aromatic carbocycles. The lowest BCUT2D eigenvalue weighted by Crippen LogP contribution is -2.25. The highest BCUT2D eigenvalue weighted by Gasteiger charge is 2.04. The maximum atomic E-state index is 5.51. The molecule has 2 aromatic rings. The number of benzene rings is 1. The maximum absolute atomic E-state index is 5.51. The molecule has 18 heavy (non-hydrogen) atoms. The molecule has 4 nitrogen and oxygen atoms in total. The van der Waals surface area contributed by atoms with E-state index in [1.807, 2.05) is 24.1 Å². The van der Waals surface area contributed by atoms with Crippen LogP contribution in [-0.2, 0) is 0 Å². The van der Waals surface area contributed by atoms with Crippen LogP contribution in [0.5, 0.6) is 0 Å². The largest absolute Gasteiger partial charge is 0.357 e. The fraction of sp³-hybridized carbons (Fsp3) is 0.286. The molecule has 94 valence electrons. The van der Waals surface area contributed by atoms with Crippen molar-refractivity contribution in [2.24, 2.45) is 5.73 Å². The van der Waals surface area contributed by atoms with Gasteiger partial charge in [-0.1, -0.05) is 29.8 Å². The molecule has 0 spiro atoms. The van der Waals surface area contributed by atoms with Crippen molar-refractivity contribution in [3.8, 4) is 11.3 Å². The Labute approximate surface area is 107 Å². The Morgan fingerprint density at radius 1 is 1.06 bits per heavy atom. The number of hydrogen-bond donors (Lipinski definition) is 1. The van der Waals surface area contributed by atoms with Gasteiger partial charge in [-0.05, 0) is 19.1 Å². The monoisotopic (exact) mass is 242 g/mol. The Morgan fingerprint density at radius 2 is 1.78 bits per heavy atom. The van der Waals surface area contributed by atoms with E-state index < -0.39 is 0 Å². The predicted molar refractivity (Wildman–Crippen MR) is 74.5 cm³/mol. The van der Waals surface area contributed by atoms with Gasteiger partial charge in [-0.2, -0.15) is 0 Å². The first-order chi connectivity index (χ1) is 8.70. The van der Waals surface area contributed by atoms with Crippen LogP contribution < -0.4 is 10.6 Å². The lowest BCUT2D eigenvalue weighted by atomic mass is 10.1. The third-order valence-corrected chi connectivity index (χ3v) is 2.85. The molecule has 0 atom stereocenters. The normalized spacial score (nSPS) is 10.4. The summed E-state index contributed by atoms with van der Waals surface area (Å²) in [6.45, 7) is 3.46. The molecule has 0 saturated heterocycles. The quantitative estimate of drug-likeness (QED) is 0.889. The van der Waals surface area contributed by atoms with Gasteiger partial charge < -0.3 is 10.6 Å². The number of rotatable bonds is 4. The zero-order chi connectivity index (χ0) is 13.0. The van der Waals surface area contributed by atoms with E-state index in [2.05, 4.69) is 41.4 Å². The van der Waals surface area contributed by atoms with Gasteiger partial charge >= 0.3 is 0 Å². The van der Waals surface area contributed by atoms with E-state index in [1.165, 1.54) is 5.56 Å². The fourth-order valence-electron chi connectivity index (χ4n) is 1.72. The molecular weight excluding hydrogens is 224 g/mol. The van der Waals surface area contributed by atoms with Gasteiger partial charge in [0.25, 0.3) is 0 Å². The summed E-state index contributed by atoms with van der Waals surface area (Å²) < 4.78 is 0. The van der Waals surface area contributed by atoms with Gasteiger partial charge in [0.2, 0.25) is 0 Å². The van der Waals surface area contributed by atoms with Gasteiger partial charge in [0.15, 0.2) is 5.82 Å². The smallest absolute Gasteiger partial charge is 0.151 e. The molecule has 1 aromatic heterocycles. The van der Waals surface area contributed by atoms with E-state index in [1.54, 1.807) is 0 Å². The van der Waals surface area contributed by atoms with E-state index in [0.29, 0.717) is 6.54 Å². The van der Waals surface area contributed by atoms with Gasteiger partial charge in [0.1, 0.15) is 0 Å². The lowest BCUT2D eigenvalue weighted by molar-refractivity contribution is 0.848. The minimum Gasteiger partial charge on any atom is -0.357 e. The summed E-state index contributed by atoms with van der Waals surface area (Å²) in [5.41, 5.74) is 8.73.